The lowest BCUT2D eigenvalue weighted by atomic mass is 10.1. The maximum Gasteiger partial charge on any atom is 0.286 e. The van der Waals surface area contributed by atoms with E-state index >= 15 is 0 Å². The molecule has 2 aromatic rings. The summed E-state index contributed by atoms with van der Waals surface area (Å²) >= 11 is 0. The van der Waals surface area contributed by atoms with Crippen molar-refractivity contribution in [1.29, 1.82) is 0 Å². The summed E-state index contributed by atoms with van der Waals surface area (Å²) in [5, 5.41) is 2.77. The Morgan fingerprint density at radius 3 is 2.64 bits per heavy atom. The second kappa shape index (κ2) is 7.27. The van der Waals surface area contributed by atoms with E-state index in [9.17, 15) is 13.2 Å². The maximum absolute atomic E-state index is 12.7. The van der Waals surface area contributed by atoms with E-state index < -0.39 is 10.0 Å². The van der Waals surface area contributed by atoms with Gasteiger partial charge in [-0.15, -0.1) is 4.40 Å². The Balaban J connectivity index is 1.64. The zero-order valence-corrected chi connectivity index (χ0v) is 16.3. The van der Waals surface area contributed by atoms with Gasteiger partial charge in [-0.05, 0) is 55.3 Å². The molecule has 146 valence electrons. The average molecular weight is 399 g/mol. The van der Waals surface area contributed by atoms with Crippen molar-refractivity contribution in [2.45, 2.75) is 30.6 Å². The lowest BCUT2D eigenvalue weighted by molar-refractivity contribution is 0.102. The first kappa shape index (κ1) is 18.5. The highest BCUT2D eigenvalue weighted by molar-refractivity contribution is 7.90. The molecule has 1 amide bonds. The highest BCUT2D eigenvalue weighted by Crippen LogP contribution is 2.35. The fourth-order valence-corrected chi connectivity index (χ4v) is 4.78. The number of anilines is 2. The first-order valence-corrected chi connectivity index (χ1v) is 10.6. The van der Waals surface area contributed by atoms with Crippen LogP contribution >= 0.6 is 0 Å². The molecule has 0 saturated carbocycles. The molecule has 0 bridgehead atoms. The number of ether oxygens (including phenoxy) is 1. The Labute approximate surface area is 164 Å². The first-order chi connectivity index (χ1) is 13.5. The summed E-state index contributed by atoms with van der Waals surface area (Å²) in [6.45, 7) is 0.735. The van der Waals surface area contributed by atoms with Crippen LogP contribution in [-0.2, 0) is 10.0 Å². The van der Waals surface area contributed by atoms with Crippen LogP contribution in [-0.4, -0.2) is 33.8 Å². The van der Waals surface area contributed by atoms with E-state index in [0.717, 1.165) is 25.8 Å². The third kappa shape index (κ3) is 3.47. The average Bonchev–Trinajstić information content (AvgIpc) is 2.93. The fraction of sp³-hybridized carbons (Fsp3) is 0.300. The summed E-state index contributed by atoms with van der Waals surface area (Å²) in [6.07, 6.45) is 3.62. The van der Waals surface area contributed by atoms with Gasteiger partial charge in [0, 0.05) is 24.2 Å². The van der Waals surface area contributed by atoms with Crippen molar-refractivity contribution in [2.75, 3.05) is 23.9 Å². The molecule has 2 heterocycles. The number of amides is 1. The summed E-state index contributed by atoms with van der Waals surface area (Å²) in [4.78, 5) is 14.7. The minimum atomic E-state index is -3.82. The van der Waals surface area contributed by atoms with E-state index in [0.29, 0.717) is 29.4 Å². The van der Waals surface area contributed by atoms with Gasteiger partial charge in [0.25, 0.3) is 15.9 Å². The van der Waals surface area contributed by atoms with E-state index in [1.165, 1.54) is 6.07 Å². The van der Waals surface area contributed by atoms with Gasteiger partial charge in [-0.2, -0.15) is 8.42 Å². The molecule has 1 saturated heterocycles. The minimum absolute atomic E-state index is 0.0838. The van der Waals surface area contributed by atoms with E-state index in [2.05, 4.69) is 9.71 Å². The smallest absolute Gasteiger partial charge is 0.286 e. The van der Waals surface area contributed by atoms with Gasteiger partial charge in [-0.1, -0.05) is 6.42 Å². The van der Waals surface area contributed by atoms with Gasteiger partial charge >= 0.3 is 0 Å². The molecular formula is C20H21N3O4S. The van der Waals surface area contributed by atoms with Crippen LogP contribution in [0, 0.1) is 0 Å². The van der Waals surface area contributed by atoms with Gasteiger partial charge in [-0.25, -0.2) is 0 Å². The number of sulfonamides is 1. The topological polar surface area (TPSA) is 88.1 Å². The molecule has 28 heavy (non-hydrogen) atoms. The normalized spacial score (nSPS) is 17.6. The molecule has 2 aliphatic heterocycles. The number of amidine groups is 1. The number of fused-ring (bicyclic) bond motifs is 3. The number of carbonyl (C=O) groups is 1. The molecule has 0 aliphatic carbocycles. The predicted molar refractivity (Wildman–Crippen MR) is 108 cm³/mol. The van der Waals surface area contributed by atoms with E-state index in [4.69, 9.17) is 4.74 Å². The highest BCUT2D eigenvalue weighted by Gasteiger charge is 2.32. The van der Waals surface area contributed by atoms with Crippen molar-refractivity contribution in [2.24, 2.45) is 4.40 Å². The zero-order valence-electron chi connectivity index (χ0n) is 15.5. The van der Waals surface area contributed by atoms with Gasteiger partial charge in [0.2, 0.25) is 0 Å². The van der Waals surface area contributed by atoms with Crippen LogP contribution in [0.1, 0.15) is 36.0 Å². The van der Waals surface area contributed by atoms with E-state index in [1.807, 2.05) is 4.90 Å². The maximum atomic E-state index is 12.7. The van der Waals surface area contributed by atoms with Gasteiger partial charge < -0.3 is 15.0 Å². The molecule has 8 heteroatoms. The monoisotopic (exact) mass is 399 g/mol. The zero-order chi connectivity index (χ0) is 19.7. The molecule has 0 aromatic heterocycles. The largest absolute Gasteiger partial charge is 0.497 e. The van der Waals surface area contributed by atoms with Gasteiger partial charge in [-0.3, -0.25) is 4.79 Å². The SMILES string of the molecule is COc1ccc(NC(=O)c2ccc3c(c2)S(=O)(=O)N=C2CCCCCN23)cc1. The third-order valence-corrected chi connectivity index (χ3v) is 6.29. The van der Waals surface area contributed by atoms with Crippen molar-refractivity contribution >= 4 is 33.1 Å². The Bertz CT molecular complexity index is 1050. The summed E-state index contributed by atoms with van der Waals surface area (Å²) in [6, 6.07) is 11.7. The quantitative estimate of drug-likeness (QED) is 0.854. The highest BCUT2D eigenvalue weighted by atomic mass is 32.2. The molecule has 1 fully saturated rings. The molecule has 0 radical (unpaired) electrons. The second-order valence-corrected chi connectivity index (χ2v) is 8.38. The van der Waals surface area contributed by atoms with Crippen LogP contribution in [0.2, 0.25) is 0 Å². The Hall–Kier alpha value is -2.87. The van der Waals surface area contributed by atoms with Crippen LogP contribution in [0.15, 0.2) is 51.8 Å². The number of rotatable bonds is 3. The lowest BCUT2D eigenvalue weighted by Crippen LogP contribution is -2.35. The molecule has 2 aliphatic rings. The molecule has 4 rings (SSSR count). The van der Waals surface area contributed by atoms with E-state index in [-0.39, 0.29) is 16.4 Å². The number of nitrogens with one attached hydrogen (secondary N) is 1. The minimum Gasteiger partial charge on any atom is -0.497 e. The first-order valence-electron chi connectivity index (χ1n) is 9.19. The van der Waals surface area contributed by atoms with Crippen molar-refractivity contribution in [3.63, 3.8) is 0 Å². The predicted octanol–water partition coefficient (Wildman–Crippen LogP) is 3.43. The molecule has 7 nitrogen and oxygen atoms in total. The second-order valence-electron chi connectivity index (χ2n) is 6.81. The van der Waals surface area contributed by atoms with Crippen LogP contribution < -0.4 is 15.0 Å². The standard InChI is InChI=1S/C20H21N3O4S/c1-27-16-9-7-15(8-10-16)21-20(24)14-6-11-17-18(13-14)28(25,26)22-19-5-3-2-4-12-23(17)19/h6-11,13H,2-5,12H2,1H3,(H,21,24). The van der Waals surface area contributed by atoms with Crippen LogP contribution in [0.5, 0.6) is 5.75 Å². The van der Waals surface area contributed by atoms with Crippen molar-refractivity contribution < 1.29 is 17.9 Å². The summed E-state index contributed by atoms with van der Waals surface area (Å²) in [7, 11) is -2.25. The van der Waals surface area contributed by atoms with Crippen molar-refractivity contribution in [3.05, 3.63) is 48.0 Å². The van der Waals surface area contributed by atoms with Crippen LogP contribution in [0.3, 0.4) is 0 Å². The molecule has 1 N–H and O–H groups in total. The van der Waals surface area contributed by atoms with E-state index in [1.54, 1.807) is 43.5 Å². The summed E-state index contributed by atoms with van der Waals surface area (Å²) in [5.74, 6) is 0.901. The number of hydrogen-bond acceptors (Lipinski definition) is 5. The van der Waals surface area contributed by atoms with Crippen LogP contribution in [0.25, 0.3) is 0 Å². The summed E-state index contributed by atoms with van der Waals surface area (Å²) < 4.78 is 34.5. The Kier molecular flexibility index (Phi) is 4.80. The number of nitrogens with zero attached hydrogens (tertiary/aromatic N) is 2. The molecule has 2 aromatic carbocycles. The molecule has 0 spiro atoms. The summed E-state index contributed by atoms with van der Waals surface area (Å²) in [5.41, 5.74) is 1.47. The Morgan fingerprint density at radius 1 is 1.11 bits per heavy atom. The fourth-order valence-electron chi connectivity index (χ4n) is 3.50. The lowest BCUT2D eigenvalue weighted by Gasteiger charge is -2.29. The molecule has 0 unspecified atom stereocenters. The number of methoxy groups -OCH3 is 1. The van der Waals surface area contributed by atoms with Gasteiger partial charge in [0.1, 0.15) is 16.5 Å². The van der Waals surface area contributed by atoms with Crippen molar-refractivity contribution in [1.82, 2.24) is 0 Å². The molecular weight excluding hydrogens is 378 g/mol. The number of hydrogen-bond donors (Lipinski definition) is 1. The van der Waals surface area contributed by atoms with Gasteiger partial charge in [0.05, 0.1) is 12.8 Å². The number of benzene rings is 2. The van der Waals surface area contributed by atoms with Gasteiger partial charge in [0.15, 0.2) is 0 Å². The van der Waals surface area contributed by atoms with Crippen LogP contribution in [0.4, 0.5) is 11.4 Å². The molecule has 0 atom stereocenters. The third-order valence-electron chi connectivity index (χ3n) is 4.96. The van der Waals surface area contributed by atoms with Crippen molar-refractivity contribution in [3.8, 4) is 5.75 Å². The number of carbonyl (C=O) groups excluding carboxylic acids is 1. The Morgan fingerprint density at radius 2 is 1.89 bits per heavy atom.